The summed E-state index contributed by atoms with van der Waals surface area (Å²) in [6.07, 6.45) is -15.3. The first-order chi connectivity index (χ1) is 15.1. The van der Waals surface area contributed by atoms with Crippen LogP contribution in [0, 0.1) is 0 Å². The van der Waals surface area contributed by atoms with E-state index in [9.17, 15) is 44.1 Å². The van der Waals surface area contributed by atoms with E-state index in [1.807, 2.05) is 0 Å². The quantitative estimate of drug-likeness (QED) is 0.111. The van der Waals surface area contributed by atoms with Gasteiger partial charge in [0.15, 0.2) is 0 Å². The van der Waals surface area contributed by atoms with Crippen LogP contribution in [0.3, 0.4) is 0 Å². The van der Waals surface area contributed by atoms with Crippen LogP contribution in [0.15, 0.2) is 0 Å². The van der Waals surface area contributed by atoms with Crippen molar-refractivity contribution in [2.45, 2.75) is 44.4 Å². The first-order valence-electron chi connectivity index (χ1n) is 7.93. The van der Waals surface area contributed by atoms with E-state index in [1.54, 1.807) is 0 Å². The van der Waals surface area contributed by atoms with Crippen LogP contribution >= 0.6 is 138 Å². The lowest BCUT2D eigenvalue weighted by Gasteiger charge is -2.32. The Kier molecular flexibility index (Phi) is 14.7. The molecule has 0 radical (unpaired) electrons. The van der Waals surface area contributed by atoms with Crippen molar-refractivity contribution in [2.24, 2.45) is 0 Å². The summed E-state index contributed by atoms with van der Waals surface area (Å²) in [6.45, 7) is -3.65. The average molecular weight is 1000 g/mol. The number of hydrogen-bond acceptors (Lipinski definition) is 4. The van der Waals surface area contributed by atoms with Crippen LogP contribution in [0.5, 0.6) is 0 Å². The van der Waals surface area contributed by atoms with Crippen molar-refractivity contribution < 1.29 is 57.7 Å². The zero-order valence-corrected chi connectivity index (χ0v) is 28.4. The van der Waals surface area contributed by atoms with E-state index in [0.29, 0.717) is 0 Å². The fourth-order valence-electron chi connectivity index (χ4n) is 1.43. The van der Waals surface area contributed by atoms with Gasteiger partial charge < -0.3 is 0 Å². The summed E-state index contributed by atoms with van der Waals surface area (Å²) in [5.41, 5.74) is 0. The van der Waals surface area contributed by atoms with Crippen molar-refractivity contribution in [2.75, 3.05) is 19.8 Å². The maximum Gasteiger partial charge on any atom is 0.474 e. The lowest BCUT2D eigenvalue weighted by Crippen LogP contribution is -2.44. The van der Waals surface area contributed by atoms with Crippen molar-refractivity contribution >= 4 is 138 Å². The largest absolute Gasteiger partial charge is 0.474 e. The highest BCUT2D eigenvalue weighted by atomic mass is 79.9. The molecule has 4 nitrogen and oxygen atoms in total. The Morgan fingerprint density at radius 1 is 0.571 bits per heavy atom. The molecular formula is C12H9Br6Cl3F9O4P. The summed E-state index contributed by atoms with van der Waals surface area (Å²) in [5, 5.41) is 0. The van der Waals surface area contributed by atoms with Crippen molar-refractivity contribution in [1.82, 2.24) is 0 Å². The van der Waals surface area contributed by atoms with Crippen LogP contribution in [0.25, 0.3) is 0 Å². The summed E-state index contributed by atoms with van der Waals surface area (Å²) < 4.78 is 135. The summed E-state index contributed by atoms with van der Waals surface area (Å²) in [5.74, 6) is 0. The minimum Gasteiger partial charge on any atom is -0.286 e. The minimum absolute atomic E-state index is 1.22. The summed E-state index contributed by atoms with van der Waals surface area (Å²) in [4.78, 5) is -5.73. The Morgan fingerprint density at radius 3 is 0.886 bits per heavy atom. The van der Waals surface area contributed by atoms with Crippen LogP contribution < -0.4 is 0 Å². The molecule has 0 aliphatic heterocycles. The van der Waals surface area contributed by atoms with E-state index in [2.05, 4.69) is 95.6 Å². The first-order valence-corrected chi connectivity index (χ1v) is 15.6. The molecule has 0 aliphatic carbocycles. The van der Waals surface area contributed by atoms with Gasteiger partial charge in [0.1, 0.15) is 0 Å². The molecule has 6 atom stereocenters. The molecule has 0 saturated carbocycles. The van der Waals surface area contributed by atoms with E-state index < -0.39 is 72.0 Å². The standard InChI is InChI=1S/C12H9Br6Cl3F9O4P/c13-4(7(16,19)10(22,23)24)1-32-35(31,33-2-5(14)8(17,20)11(25,26)27)34-3-6(15)9(18,21)12(28,29)30/h4-6H,1-3H2. The Labute approximate surface area is 257 Å². The monoisotopic (exact) mass is 997 g/mol. The van der Waals surface area contributed by atoms with E-state index >= 15 is 0 Å². The van der Waals surface area contributed by atoms with Crippen LogP contribution in [-0.4, -0.2) is 64.2 Å². The number of halogens is 18. The van der Waals surface area contributed by atoms with E-state index in [-0.39, 0.29) is 0 Å². The van der Waals surface area contributed by atoms with Gasteiger partial charge in [0, 0.05) is 0 Å². The van der Waals surface area contributed by atoms with Crippen molar-refractivity contribution in [3.05, 3.63) is 0 Å². The highest BCUT2D eigenvalue weighted by molar-refractivity contribution is 9.13. The zero-order valence-electron chi connectivity index (χ0n) is 15.7. The van der Waals surface area contributed by atoms with Crippen molar-refractivity contribution in [3.8, 4) is 0 Å². The van der Waals surface area contributed by atoms with Gasteiger partial charge in [-0.15, -0.1) is 0 Å². The molecule has 0 aromatic carbocycles. The Morgan fingerprint density at radius 2 is 0.743 bits per heavy atom. The third-order valence-electron chi connectivity index (χ3n) is 3.45. The van der Waals surface area contributed by atoms with Crippen molar-refractivity contribution in [1.29, 1.82) is 0 Å². The smallest absolute Gasteiger partial charge is 0.286 e. The predicted octanol–water partition coefficient (Wildman–Crippen LogP) is 10.1. The number of alkyl halides is 18. The van der Waals surface area contributed by atoms with Crippen LogP contribution in [0.2, 0.25) is 0 Å². The molecule has 0 amide bonds. The van der Waals surface area contributed by atoms with Gasteiger partial charge in [0.05, 0.1) is 34.3 Å². The Bertz CT molecular complexity index is 662. The van der Waals surface area contributed by atoms with Gasteiger partial charge in [-0.2, -0.15) is 39.5 Å². The number of hydrogen-bond donors (Lipinski definition) is 0. The van der Waals surface area contributed by atoms with E-state index in [1.165, 1.54) is 0 Å². The lowest BCUT2D eigenvalue weighted by atomic mass is 10.3. The Balaban J connectivity index is 5.74. The van der Waals surface area contributed by atoms with Gasteiger partial charge in [-0.3, -0.25) is 13.6 Å². The van der Waals surface area contributed by atoms with Crippen molar-refractivity contribution in [3.63, 3.8) is 0 Å². The van der Waals surface area contributed by atoms with E-state index in [0.717, 1.165) is 0 Å². The molecule has 0 bridgehead atoms. The van der Waals surface area contributed by atoms with Gasteiger partial charge in [0.25, 0.3) is 0 Å². The zero-order chi connectivity index (χ0) is 28.5. The fourth-order valence-corrected chi connectivity index (χ4v) is 5.02. The minimum atomic E-state index is -5.18. The summed E-state index contributed by atoms with van der Waals surface area (Å²) >= 11 is 30.2. The van der Waals surface area contributed by atoms with Gasteiger partial charge >= 0.3 is 26.4 Å². The molecule has 0 saturated heterocycles. The fraction of sp³-hybridized carbons (Fsp3) is 1.00. The van der Waals surface area contributed by atoms with Gasteiger partial charge in [-0.05, 0) is 0 Å². The number of phosphoric acid groups is 1. The second-order valence-electron chi connectivity index (χ2n) is 6.10. The molecule has 0 spiro atoms. The summed E-state index contributed by atoms with van der Waals surface area (Å²) in [6, 6.07) is 0. The SMILES string of the molecule is O=P(OCC(Br)C(Cl)(Br)C(F)(F)F)(OCC(Br)C(Cl)(Br)C(F)(F)F)OCC(Br)C(Cl)(Br)C(F)(F)F. The third-order valence-corrected chi connectivity index (χ3v) is 14.8. The molecule has 35 heavy (non-hydrogen) atoms. The second kappa shape index (κ2) is 13.5. The highest BCUT2D eigenvalue weighted by Crippen LogP contribution is 2.56. The number of phosphoric ester groups is 1. The maximum atomic E-state index is 13.0. The predicted molar refractivity (Wildman–Crippen MR) is 134 cm³/mol. The maximum absolute atomic E-state index is 13.0. The highest BCUT2D eigenvalue weighted by Gasteiger charge is 2.59. The van der Waals surface area contributed by atoms with Gasteiger partial charge in [-0.1, -0.05) is 130 Å². The van der Waals surface area contributed by atoms with Gasteiger partial charge in [-0.25, -0.2) is 4.57 Å². The second-order valence-corrected chi connectivity index (χ2v) is 18.0. The molecule has 0 rings (SSSR count). The van der Waals surface area contributed by atoms with Crippen LogP contribution in [-0.2, 0) is 18.1 Å². The molecule has 0 aliphatic rings. The molecule has 0 N–H and O–H groups in total. The molecule has 23 heteroatoms. The molecule has 0 aromatic rings. The van der Waals surface area contributed by atoms with Gasteiger partial charge in [0.2, 0.25) is 11.4 Å². The molecule has 0 fully saturated rings. The molecule has 6 unspecified atom stereocenters. The van der Waals surface area contributed by atoms with Crippen LogP contribution in [0.1, 0.15) is 0 Å². The van der Waals surface area contributed by atoms with Crippen LogP contribution in [0.4, 0.5) is 39.5 Å². The molecular weight excluding hydrogens is 996 g/mol. The normalized spacial score (nSPS) is 23.4. The lowest BCUT2D eigenvalue weighted by molar-refractivity contribution is -0.138. The molecule has 0 aromatic heterocycles. The Hall–Kier alpha value is 3.23. The summed E-state index contributed by atoms with van der Waals surface area (Å²) in [7, 11) is -5.18. The molecule has 0 heterocycles. The first kappa shape index (κ1) is 38.2. The van der Waals surface area contributed by atoms with E-state index in [4.69, 9.17) is 48.4 Å². The molecule has 212 valence electrons. The third kappa shape index (κ3) is 10.5. The topological polar surface area (TPSA) is 44.8 Å². The number of rotatable bonds is 12. The average Bonchev–Trinajstić information content (AvgIpc) is 2.65.